The minimum absolute atomic E-state index is 0.389. The predicted octanol–water partition coefficient (Wildman–Crippen LogP) is 2.46. The molecular formula is C14H23N3O2. The van der Waals surface area contributed by atoms with Gasteiger partial charge in [0.15, 0.2) is 0 Å². The predicted molar refractivity (Wildman–Crippen MR) is 70.3 cm³/mol. The van der Waals surface area contributed by atoms with Crippen LogP contribution in [-0.4, -0.2) is 16.7 Å². The standard InChI is InChI=1S/C14H23N3O2/c1-10-4-7-14(15,8-5-10)12-16-11(17-19-12)13(2)6-3-9-18-13/h10H,3-9,15H2,1-2H3. The molecule has 1 aromatic heterocycles. The molecule has 5 nitrogen and oxygen atoms in total. The molecule has 2 heterocycles. The van der Waals surface area contributed by atoms with Crippen molar-refractivity contribution in [2.24, 2.45) is 11.7 Å². The van der Waals surface area contributed by atoms with E-state index in [2.05, 4.69) is 17.1 Å². The summed E-state index contributed by atoms with van der Waals surface area (Å²) in [6, 6.07) is 0. The molecule has 106 valence electrons. The Morgan fingerprint density at radius 3 is 2.63 bits per heavy atom. The Kier molecular flexibility index (Phi) is 3.14. The first-order valence-electron chi connectivity index (χ1n) is 7.29. The number of hydrogen-bond donors (Lipinski definition) is 1. The second-order valence-electron chi connectivity index (χ2n) is 6.44. The summed E-state index contributed by atoms with van der Waals surface area (Å²) in [7, 11) is 0. The van der Waals surface area contributed by atoms with E-state index in [1.807, 2.05) is 6.92 Å². The molecule has 2 fully saturated rings. The van der Waals surface area contributed by atoms with Gasteiger partial charge in [-0.05, 0) is 51.4 Å². The van der Waals surface area contributed by atoms with Crippen LogP contribution in [0, 0.1) is 5.92 Å². The molecule has 0 bridgehead atoms. The lowest BCUT2D eigenvalue weighted by molar-refractivity contribution is 0.00768. The molecule has 1 unspecified atom stereocenters. The zero-order valence-electron chi connectivity index (χ0n) is 11.8. The fraction of sp³-hybridized carbons (Fsp3) is 0.857. The van der Waals surface area contributed by atoms with Gasteiger partial charge in [-0.3, -0.25) is 0 Å². The van der Waals surface area contributed by atoms with E-state index in [1.165, 1.54) is 0 Å². The van der Waals surface area contributed by atoms with Crippen LogP contribution in [0.15, 0.2) is 4.52 Å². The number of ether oxygens (including phenoxy) is 1. The molecule has 1 aromatic rings. The normalized spacial score (nSPS) is 39.6. The number of nitrogens with zero attached hydrogens (tertiary/aromatic N) is 2. The van der Waals surface area contributed by atoms with Gasteiger partial charge in [0, 0.05) is 6.61 Å². The monoisotopic (exact) mass is 265 g/mol. The minimum Gasteiger partial charge on any atom is -0.367 e. The average Bonchev–Trinajstić information content (AvgIpc) is 3.03. The maximum Gasteiger partial charge on any atom is 0.246 e. The number of aromatic nitrogens is 2. The summed E-state index contributed by atoms with van der Waals surface area (Å²) in [6.07, 6.45) is 6.09. The lowest BCUT2D eigenvalue weighted by Gasteiger charge is -2.32. The van der Waals surface area contributed by atoms with E-state index in [9.17, 15) is 0 Å². The highest BCUT2D eigenvalue weighted by molar-refractivity contribution is 5.08. The van der Waals surface area contributed by atoms with Crippen molar-refractivity contribution in [3.8, 4) is 0 Å². The minimum atomic E-state index is -0.438. The molecule has 1 atom stereocenters. The van der Waals surface area contributed by atoms with Crippen LogP contribution in [0.3, 0.4) is 0 Å². The molecule has 2 N–H and O–H groups in total. The van der Waals surface area contributed by atoms with Crippen molar-refractivity contribution in [1.82, 2.24) is 10.1 Å². The Morgan fingerprint density at radius 1 is 1.26 bits per heavy atom. The summed E-state index contributed by atoms with van der Waals surface area (Å²) in [4.78, 5) is 4.56. The Bertz CT molecular complexity index is 443. The molecule has 0 radical (unpaired) electrons. The van der Waals surface area contributed by atoms with E-state index >= 15 is 0 Å². The maximum atomic E-state index is 6.46. The Balaban J connectivity index is 1.81. The van der Waals surface area contributed by atoms with Gasteiger partial charge < -0.3 is 15.0 Å². The van der Waals surface area contributed by atoms with Crippen molar-refractivity contribution >= 4 is 0 Å². The first-order valence-corrected chi connectivity index (χ1v) is 7.29. The fourth-order valence-corrected chi connectivity index (χ4v) is 3.09. The van der Waals surface area contributed by atoms with Gasteiger partial charge in [-0.1, -0.05) is 12.1 Å². The van der Waals surface area contributed by atoms with Crippen LogP contribution in [0.4, 0.5) is 0 Å². The maximum absolute atomic E-state index is 6.46. The zero-order valence-corrected chi connectivity index (χ0v) is 11.8. The van der Waals surface area contributed by atoms with E-state index in [4.69, 9.17) is 15.0 Å². The molecule has 19 heavy (non-hydrogen) atoms. The van der Waals surface area contributed by atoms with Crippen LogP contribution in [-0.2, 0) is 15.9 Å². The van der Waals surface area contributed by atoms with Gasteiger partial charge >= 0.3 is 0 Å². The van der Waals surface area contributed by atoms with Gasteiger partial charge in [-0.15, -0.1) is 0 Å². The van der Waals surface area contributed by atoms with Gasteiger partial charge in [0.25, 0.3) is 0 Å². The second-order valence-corrected chi connectivity index (χ2v) is 6.44. The van der Waals surface area contributed by atoms with E-state index in [0.29, 0.717) is 11.7 Å². The zero-order chi connectivity index (χ0) is 13.5. The molecule has 1 aliphatic carbocycles. The summed E-state index contributed by atoms with van der Waals surface area (Å²) in [5.41, 5.74) is 5.63. The summed E-state index contributed by atoms with van der Waals surface area (Å²) in [6.45, 7) is 5.07. The molecule has 0 spiro atoms. The molecular weight excluding hydrogens is 242 g/mol. The van der Waals surface area contributed by atoms with Crippen LogP contribution in [0.1, 0.15) is 64.1 Å². The highest BCUT2D eigenvalue weighted by Gasteiger charge is 2.41. The molecule has 1 aliphatic heterocycles. The average molecular weight is 265 g/mol. The van der Waals surface area contributed by atoms with E-state index in [0.717, 1.165) is 51.0 Å². The number of hydrogen-bond acceptors (Lipinski definition) is 5. The first kappa shape index (κ1) is 13.1. The Morgan fingerprint density at radius 2 is 2.00 bits per heavy atom. The Labute approximate surface area is 113 Å². The van der Waals surface area contributed by atoms with Crippen molar-refractivity contribution < 1.29 is 9.26 Å². The van der Waals surface area contributed by atoms with Crippen LogP contribution >= 0.6 is 0 Å². The summed E-state index contributed by atoms with van der Waals surface area (Å²) in [5, 5.41) is 4.12. The van der Waals surface area contributed by atoms with Gasteiger partial charge in [-0.2, -0.15) is 4.98 Å². The Hall–Kier alpha value is -0.940. The van der Waals surface area contributed by atoms with Crippen LogP contribution in [0.25, 0.3) is 0 Å². The molecule has 0 aromatic carbocycles. The molecule has 1 saturated heterocycles. The summed E-state index contributed by atoms with van der Waals surface area (Å²) in [5.74, 6) is 1.99. The quantitative estimate of drug-likeness (QED) is 0.889. The second kappa shape index (κ2) is 4.56. The van der Waals surface area contributed by atoms with Crippen molar-refractivity contribution in [2.75, 3.05) is 6.61 Å². The van der Waals surface area contributed by atoms with Crippen molar-refractivity contribution in [3.63, 3.8) is 0 Å². The van der Waals surface area contributed by atoms with Crippen molar-refractivity contribution in [2.45, 2.75) is 63.5 Å². The molecule has 5 heteroatoms. The first-order chi connectivity index (χ1) is 9.02. The lowest BCUT2D eigenvalue weighted by atomic mass is 9.78. The largest absolute Gasteiger partial charge is 0.367 e. The van der Waals surface area contributed by atoms with Crippen LogP contribution < -0.4 is 5.73 Å². The fourth-order valence-electron chi connectivity index (χ4n) is 3.09. The van der Waals surface area contributed by atoms with Crippen LogP contribution in [0.2, 0.25) is 0 Å². The van der Waals surface area contributed by atoms with Crippen molar-refractivity contribution in [3.05, 3.63) is 11.7 Å². The SMILES string of the molecule is CC1CCC(N)(c2nc(C3(C)CCCO3)no2)CC1. The highest BCUT2D eigenvalue weighted by atomic mass is 16.5. The molecule has 1 saturated carbocycles. The lowest BCUT2D eigenvalue weighted by Crippen LogP contribution is -2.40. The van der Waals surface area contributed by atoms with E-state index in [1.54, 1.807) is 0 Å². The number of rotatable bonds is 2. The third-order valence-electron chi connectivity index (χ3n) is 4.71. The van der Waals surface area contributed by atoms with E-state index in [-0.39, 0.29) is 5.60 Å². The van der Waals surface area contributed by atoms with E-state index < -0.39 is 5.54 Å². The highest BCUT2D eigenvalue weighted by Crippen LogP contribution is 2.39. The van der Waals surface area contributed by atoms with Gasteiger partial charge in [0.05, 0.1) is 5.54 Å². The third-order valence-corrected chi connectivity index (χ3v) is 4.71. The summed E-state index contributed by atoms with van der Waals surface area (Å²) < 4.78 is 11.2. The van der Waals surface area contributed by atoms with Crippen molar-refractivity contribution in [1.29, 1.82) is 0 Å². The van der Waals surface area contributed by atoms with Gasteiger partial charge in [0.2, 0.25) is 11.7 Å². The molecule has 2 aliphatic rings. The molecule has 3 rings (SSSR count). The third kappa shape index (κ3) is 2.30. The van der Waals surface area contributed by atoms with Crippen LogP contribution in [0.5, 0.6) is 0 Å². The van der Waals surface area contributed by atoms with Gasteiger partial charge in [-0.25, -0.2) is 0 Å². The summed E-state index contributed by atoms with van der Waals surface area (Å²) >= 11 is 0. The van der Waals surface area contributed by atoms with Gasteiger partial charge in [0.1, 0.15) is 5.60 Å². The number of nitrogens with two attached hydrogens (primary N) is 1. The smallest absolute Gasteiger partial charge is 0.246 e. The molecule has 0 amide bonds. The topological polar surface area (TPSA) is 74.2 Å².